The van der Waals surface area contributed by atoms with Crippen LogP contribution in [0, 0.1) is 6.92 Å². The molecular weight excluding hydrogens is 310 g/mol. The molecule has 2 rings (SSSR count). The van der Waals surface area contributed by atoms with Crippen molar-refractivity contribution in [1.82, 2.24) is 15.5 Å². The first-order chi connectivity index (χ1) is 11.4. The number of carbonyl (C=O) groups is 2. The van der Waals surface area contributed by atoms with Crippen LogP contribution in [0.3, 0.4) is 0 Å². The number of carboxylic acids is 1. The molecule has 0 saturated heterocycles. The van der Waals surface area contributed by atoms with Gasteiger partial charge in [0.25, 0.3) is 11.6 Å². The molecule has 24 heavy (non-hydrogen) atoms. The van der Waals surface area contributed by atoms with Crippen molar-refractivity contribution in [2.75, 3.05) is 6.54 Å². The maximum atomic E-state index is 12.5. The predicted octanol–water partition coefficient (Wildman–Crippen LogP) is 3.03. The Balaban J connectivity index is 2.05. The zero-order valence-corrected chi connectivity index (χ0v) is 14.3. The molecule has 0 atom stereocenters. The number of aliphatic carboxylic acids is 1. The molecule has 7 heteroatoms. The van der Waals surface area contributed by atoms with Gasteiger partial charge in [-0.2, -0.15) is 0 Å². The zero-order valence-electron chi connectivity index (χ0n) is 14.3. The standard InChI is InChI=1S/C17H23N3O4/c1-10(2)13-9-12(15-11(3)20-24-17(15)19-13)16(23)18-8-6-4-5-7-14(21)22/h9-10H,4-8H2,1-3H3,(H,18,23)(H,21,22). The highest BCUT2D eigenvalue weighted by Crippen LogP contribution is 2.25. The molecule has 0 fully saturated rings. The Morgan fingerprint density at radius 3 is 2.71 bits per heavy atom. The van der Waals surface area contributed by atoms with Crippen LogP contribution in [0.5, 0.6) is 0 Å². The minimum atomic E-state index is -0.789. The summed E-state index contributed by atoms with van der Waals surface area (Å²) in [5.41, 5.74) is 2.32. The number of carbonyl (C=O) groups excluding carboxylic acids is 1. The summed E-state index contributed by atoms with van der Waals surface area (Å²) >= 11 is 0. The number of fused-ring (bicyclic) bond motifs is 1. The van der Waals surface area contributed by atoms with E-state index in [0.717, 1.165) is 18.5 Å². The number of amides is 1. The number of carboxylic acid groups (broad SMARTS) is 1. The second-order valence-corrected chi connectivity index (χ2v) is 6.16. The number of nitrogens with zero attached hydrogens (tertiary/aromatic N) is 2. The fraction of sp³-hybridized carbons (Fsp3) is 0.529. The molecular formula is C17H23N3O4. The summed E-state index contributed by atoms with van der Waals surface area (Å²) < 4.78 is 5.21. The van der Waals surface area contributed by atoms with E-state index in [1.54, 1.807) is 13.0 Å². The topological polar surface area (TPSA) is 105 Å². The first-order valence-corrected chi connectivity index (χ1v) is 8.17. The molecule has 0 aliphatic carbocycles. The van der Waals surface area contributed by atoms with Gasteiger partial charge in [0, 0.05) is 18.7 Å². The van der Waals surface area contributed by atoms with Gasteiger partial charge < -0.3 is 14.9 Å². The van der Waals surface area contributed by atoms with Crippen molar-refractivity contribution in [2.24, 2.45) is 0 Å². The second-order valence-electron chi connectivity index (χ2n) is 6.16. The fourth-order valence-corrected chi connectivity index (χ4v) is 2.46. The number of nitrogens with one attached hydrogen (secondary N) is 1. The van der Waals surface area contributed by atoms with E-state index in [9.17, 15) is 9.59 Å². The Morgan fingerprint density at radius 1 is 1.29 bits per heavy atom. The molecule has 7 nitrogen and oxygen atoms in total. The van der Waals surface area contributed by atoms with Crippen molar-refractivity contribution >= 4 is 23.0 Å². The minimum absolute atomic E-state index is 0.163. The Morgan fingerprint density at radius 2 is 2.04 bits per heavy atom. The van der Waals surface area contributed by atoms with Crippen molar-refractivity contribution in [1.29, 1.82) is 0 Å². The van der Waals surface area contributed by atoms with Crippen LogP contribution in [0.2, 0.25) is 0 Å². The molecule has 2 aromatic heterocycles. The second kappa shape index (κ2) is 7.90. The quantitative estimate of drug-likeness (QED) is 0.719. The molecule has 0 spiro atoms. The van der Waals surface area contributed by atoms with Crippen LogP contribution in [0.25, 0.3) is 11.1 Å². The van der Waals surface area contributed by atoms with E-state index in [2.05, 4.69) is 15.5 Å². The smallest absolute Gasteiger partial charge is 0.303 e. The summed E-state index contributed by atoms with van der Waals surface area (Å²) in [5, 5.41) is 16.0. The molecule has 2 heterocycles. The number of aryl methyl sites for hydroxylation is 1. The number of aromatic nitrogens is 2. The summed E-state index contributed by atoms with van der Waals surface area (Å²) in [4.78, 5) is 27.4. The maximum Gasteiger partial charge on any atom is 0.303 e. The van der Waals surface area contributed by atoms with Crippen LogP contribution >= 0.6 is 0 Å². The third kappa shape index (κ3) is 4.31. The average molecular weight is 333 g/mol. The highest BCUT2D eigenvalue weighted by Gasteiger charge is 2.19. The van der Waals surface area contributed by atoms with Gasteiger partial charge in [0.2, 0.25) is 0 Å². The van der Waals surface area contributed by atoms with E-state index in [1.165, 1.54) is 0 Å². The largest absolute Gasteiger partial charge is 0.481 e. The molecule has 2 N–H and O–H groups in total. The van der Waals surface area contributed by atoms with Gasteiger partial charge in [-0.25, -0.2) is 4.98 Å². The lowest BCUT2D eigenvalue weighted by Crippen LogP contribution is -2.25. The van der Waals surface area contributed by atoms with E-state index in [1.807, 2.05) is 13.8 Å². The SMILES string of the molecule is Cc1noc2nc(C(C)C)cc(C(=O)NCCCCCC(=O)O)c12. The van der Waals surface area contributed by atoms with Crippen LogP contribution in [0.4, 0.5) is 0 Å². The summed E-state index contributed by atoms with van der Waals surface area (Å²) in [5.74, 6) is -0.807. The van der Waals surface area contributed by atoms with E-state index in [-0.39, 0.29) is 18.2 Å². The van der Waals surface area contributed by atoms with Crippen molar-refractivity contribution in [3.8, 4) is 0 Å². The van der Waals surface area contributed by atoms with E-state index >= 15 is 0 Å². The zero-order chi connectivity index (χ0) is 17.7. The van der Waals surface area contributed by atoms with Crippen molar-refractivity contribution < 1.29 is 19.2 Å². The number of pyridine rings is 1. The van der Waals surface area contributed by atoms with Crippen LogP contribution < -0.4 is 5.32 Å². The van der Waals surface area contributed by atoms with Crippen LogP contribution in [0.1, 0.15) is 67.2 Å². The molecule has 0 aliphatic rings. The maximum absolute atomic E-state index is 12.5. The summed E-state index contributed by atoms with van der Waals surface area (Å²) in [6.07, 6.45) is 2.29. The molecule has 0 bridgehead atoms. The summed E-state index contributed by atoms with van der Waals surface area (Å²) in [6.45, 7) is 6.29. The van der Waals surface area contributed by atoms with E-state index < -0.39 is 5.97 Å². The Labute approximate surface area is 140 Å². The van der Waals surface area contributed by atoms with Gasteiger partial charge in [0.05, 0.1) is 16.6 Å². The highest BCUT2D eigenvalue weighted by atomic mass is 16.5. The van der Waals surface area contributed by atoms with E-state index in [0.29, 0.717) is 35.3 Å². The Hall–Kier alpha value is -2.44. The average Bonchev–Trinajstić information content (AvgIpc) is 2.90. The van der Waals surface area contributed by atoms with Crippen molar-refractivity contribution in [2.45, 2.75) is 52.4 Å². The normalized spacial score (nSPS) is 11.2. The van der Waals surface area contributed by atoms with Gasteiger partial charge in [-0.05, 0) is 31.7 Å². The molecule has 0 aromatic carbocycles. The number of rotatable bonds is 8. The first-order valence-electron chi connectivity index (χ1n) is 8.17. The Kier molecular flexibility index (Phi) is 5.89. The van der Waals surface area contributed by atoms with Gasteiger partial charge in [0.1, 0.15) is 0 Å². The third-order valence-electron chi connectivity index (χ3n) is 3.83. The molecule has 130 valence electrons. The molecule has 1 amide bonds. The van der Waals surface area contributed by atoms with Crippen molar-refractivity contribution in [3.05, 3.63) is 23.0 Å². The number of unbranched alkanes of at least 4 members (excludes halogenated alkanes) is 2. The molecule has 0 aliphatic heterocycles. The first kappa shape index (κ1) is 17.9. The lowest BCUT2D eigenvalue weighted by molar-refractivity contribution is -0.137. The van der Waals surface area contributed by atoms with Gasteiger partial charge in [-0.15, -0.1) is 0 Å². The highest BCUT2D eigenvalue weighted by molar-refractivity contribution is 6.06. The number of hydrogen-bond acceptors (Lipinski definition) is 5. The Bertz CT molecular complexity index is 737. The summed E-state index contributed by atoms with van der Waals surface area (Å²) in [6, 6.07) is 1.79. The van der Waals surface area contributed by atoms with Crippen LogP contribution in [0.15, 0.2) is 10.6 Å². The molecule has 0 saturated carbocycles. The van der Waals surface area contributed by atoms with Gasteiger partial charge in [-0.3, -0.25) is 9.59 Å². The summed E-state index contributed by atoms with van der Waals surface area (Å²) in [7, 11) is 0. The molecule has 0 unspecified atom stereocenters. The third-order valence-corrected chi connectivity index (χ3v) is 3.83. The van der Waals surface area contributed by atoms with Crippen molar-refractivity contribution in [3.63, 3.8) is 0 Å². The number of hydrogen-bond donors (Lipinski definition) is 2. The fourth-order valence-electron chi connectivity index (χ4n) is 2.46. The predicted molar refractivity (Wildman–Crippen MR) is 89.1 cm³/mol. The monoisotopic (exact) mass is 333 g/mol. The molecule has 0 radical (unpaired) electrons. The van der Waals surface area contributed by atoms with Gasteiger partial charge in [0.15, 0.2) is 0 Å². The van der Waals surface area contributed by atoms with Crippen LogP contribution in [-0.4, -0.2) is 33.7 Å². The van der Waals surface area contributed by atoms with E-state index in [4.69, 9.17) is 9.63 Å². The lowest BCUT2D eigenvalue weighted by Gasteiger charge is -2.09. The van der Waals surface area contributed by atoms with Crippen LogP contribution in [-0.2, 0) is 4.79 Å². The van der Waals surface area contributed by atoms with Gasteiger partial charge >= 0.3 is 5.97 Å². The molecule has 2 aromatic rings. The minimum Gasteiger partial charge on any atom is -0.481 e. The lowest BCUT2D eigenvalue weighted by atomic mass is 10.0. The van der Waals surface area contributed by atoms with Gasteiger partial charge in [-0.1, -0.05) is 25.4 Å².